The summed E-state index contributed by atoms with van der Waals surface area (Å²) in [6, 6.07) is 4.38. The monoisotopic (exact) mass is 312 g/mol. The smallest absolute Gasteiger partial charge is 0.180 e. The average Bonchev–Trinajstić information content (AvgIpc) is 2.83. The van der Waals surface area contributed by atoms with Crippen LogP contribution in [0.5, 0.6) is 0 Å². The first-order chi connectivity index (χ1) is 9.29. The van der Waals surface area contributed by atoms with Crippen LogP contribution in [0.15, 0.2) is 18.2 Å². The highest BCUT2D eigenvalue weighted by Gasteiger charge is 2.26. The summed E-state index contributed by atoms with van der Waals surface area (Å²) in [5.74, 6) is -0.623. The number of nitrogens with zero attached hydrogens (tertiary/aromatic N) is 2. The molecule has 3 nitrogen and oxygen atoms in total. The standard InChI is InChI=1S/C14H14ClFN2OS/c1-14(2,3)13-12(20-18-17-13)11(19)7-8-4-5-9(15)10(16)6-8/h4-6H,7H2,1-3H3. The molecule has 2 rings (SSSR count). The van der Waals surface area contributed by atoms with E-state index in [1.54, 1.807) is 6.07 Å². The van der Waals surface area contributed by atoms with Crippen LogP contribution in [0, 0.1) is 5.82 Å². The van der Waals surface area contributed by atoms with E-state index in [0.29, 0.717) is 16.1 Å². The second-order valence-electron chi connectivity index (χ2n) is 5.55. The minimum Gasteiger partial charge on any atom is -0.293 e. The summed E-state index contributed by atoms with van der Waals surface area (Å²) < 4.78 is 17.2. The largest absolute Gasteiger partial charge is 0.293 e. The summed E-state index contributed by atoms with van der Waals surface area (Å²) in [4.78, 5) is 12.8. The normalized spacial score (nSPS) is 11.7. The van der Waals surface area contributed by atoms with Gasteiger partial charge in [0.05, 0.1) is 10.7 Å². The van der Waals surface area contributed by atoms with Crippen LogP contribution >= 0.6 is 23.1 Å². The van der Waals surface area contributed by atoms with Gasteiger partial charge in [0.15, 0.2) is 5.78 Å². The van der Waals surface area contributed by atoms with Gasteiger partial charge in [0.2, 0.25) is 0 Å². The summed E-state index contributed by atoms with van der Waals surface area (Å²) in [6.07, 6.45) is 0.112. The molecule has 1 aromatic carbocycles. The quantitative estimate of drug-likeness (QED) is 0.803. The van der Waals surface area contributed by atoms with E-state index in [2.05, 4.69) is 9.59 Å². The van der Waals surface area contributed by atoms with Gasteiger partial charge in [0.1, 0.15) is 10.7 Å². The number of benzene rings is 1. The van der Waals surface area contributed by atoms with E-state index in [0.717, 1.165) is 11.5 Å². The second kappa shape index (κ2) is 5.58. The summed E-state index contributed by atoms with van der Waals surface area (Å²) in [5, 5.41) is 4.09. The van der Waals surface area contributed by atoms with Crippen LogP contribution in [0.3, 0.4) is 0 Å². The molecule has 0 aliphatic carbocycles. The van der Waals surface area contributed by atoms with Crippen molar-refractivity contribution in [1.29, 1.82) is 0 Å². The number of hydrogen-bond donors (Lipinski definition) is 0. The van der Waals surface area contributed by atoms with E-state index in [-0.39, 0.29) is 22.6 Å². The van der Waals surface area contributed by atoms with Crippen LogP contribution in [-0.4, -0.2) is 15.4 Å². The number of ketones is 1. The van der Waals surface area contributed by atoms with E-state index in [1.807, 2.05) is 20.8 Å². The minimum absolute atomic E-state index is 0.0519. The van der Waals surface area contributed by atoms with E-state index >= 15 is 0 Å². The van der Waals surface area contributed by atoms with Crippen LogP contribution in [0.2, 0.25) is 5.02 Å². The number of hydrogen-bond acceptors (Lipinski definition) is 4. The van der Waals surface area contributed by atoms with E-state index in [9.17, 15) is 9.18 Å². The molecule has 1 heterocycles. The highest BCUT2D eigenvalue weighted by Crippen LogP contribution is 2.27. The fraction of sp³-hybridized carbons (Fsp3) is 0.357. The molecule has 0 bridgehead atoms. The molecule has 0 aliphatic rings. The third kappa shape index (κ3) is 3.22. The molecule has 0 unspecified atom stereocenters. The second-order valence-corrected chi connectivity index (χ2v) is 6.71. The first kappa shape index (κ1) is 15.1. The molecule has 0 fully saturated rings. The van der Waals surface area contributed by atoms with Crippen LogP contribution in [0.4, 0.5) is 4.39 Å². The third-order valence-electron chi connectivity index (χ3n) is 2.80. The van der Waals surface area contributed by atoms with Gasteiger partial charge in [0, 0.05) is 11.8 Å². The molecule has 0 amide bonds. The SMILES string of the molecule is CC(C)(C)c1nnsc1C(=O)Cc1ccc(Cl)c(F)c1. The van der Waals surface area contributed by atoms with Crippen molar-refractivity contribution in [2.24, 2.45) is 0 Å². The Kier molecular flexibility index (Phi) is 4.20. The summed E-state index contributed by atoms with van der Waals surface area (Å²) in [5.41, 5.74) is 1.02. The molecule has 106 valence electrons. The molecule has 2 aromatic rings. The predicted molar refractivity (Wildman–Crippen MR) is 78.1 cm³/mol. The van der Waals surface area contributed by atoms with Crippen molar-refractivity contribution in [2.45, 2.75) is 32.6 Å². The maximum Gasteiger partial charge on any atom is 0.180 e. The van der Waals surface area contributed by atoms with Crippen molar-refractivity contribution < 1.29 is 9.18 Å². The maximum atomic E-state index is 13.4. The summed E-state index contributed by atoms with van der Waals surface area (Å²) >= 11 is 6.70. The number of aromatic nitrogens is 2. The molecule has 1 aromatic heterocycles. The molecule has 20 heavy (non-hydrogen) atoms. The fourth-order valence-electron chi connectivity index (χ4n) is 1.78. The average molecular weight is 313 g/mol. The van der Waals surface area contributed by atoms with Gasteiger partial charge >= 0.3 is 0 Å². The summed E-state index contributed by atoms with van der Waals surface area (Å²) in [6.45, 7) is 5.92. The Bertz CT molecular complexity index is 649. The maximum absolute atomic E-state index is 13.4. The van der Waals surface area contributed by atoms with Crippen molar-refractivity contribution in [2.75, 3.05) is 0 Å². The molecular weight excluding hydrogens is 299 g/mol. The third-order valence-corrected chi connectivity index (χ3v) is 3.87. The number of carbonyl (C=O) groups excluding carboxylic acids is 1. The lowest BCUT2D eigenvalue weighted by Gasteiger charge is -2.15. The Hall–Kier alpha value is -1.33. The van der Waals surface area contributed by atoms with Gasteiger partial charge in [0.25, 0.3) is 0 Å². The van der Waals surface area contributed by atoms with Gasteiger partial charge in [-0.25, -0.2) is 4.39 Å². The molecule has 0 radical (unpaired) electrons. The van der Waals surface area contributed by atoms with E-state index in [1.165, 1.54) is 12.1 Å². The van der Waals surface area contributed by atoms with Gasteiger partial charge in [-0.3, -0.25) is 4.79 Å². The lowest BCUT2D eigenvalue weighted by molar-refractivity contribution is 0.0994. The van der Waals surface area contributed by atoms with Crippen LogP contribution < -0.4 is 0 Å². The predicted octanol–water partition coefficient (Wildman–Crippen LogP) is 4.05. The zero-order valence-electron chi connectivity index (χ0n) is 11.4. The Morgan fingerprint density at radius 2 is 2.10 bits per heavy atom. The highest BCUT2D eigenvalue weighted by atomic mass is 35.5. The molecule has 0 atom stereocenters. The fourth-order valence-corrected chi connectivity index (χ4v) is 2.71. The first-order valence-electron chi connectivity index (χ1n) is 6.09. The van der Waals surface area contributed by atoms with Crippen LogP contribution in [0.25, 0.3) is 0 Å². The highest BCUT2D eigenvalue weighted by molar-refractivity contribution is 7.08. The van der Waals surface area contributed by atoms with Gasteiger partial charge in [-0.05, 0) is 29.2 Å². The molecule has 0 saturated heterocycles. The molecule has 0 saturated carbocycles. The summed E-state index contributed by atoms with van der Waals surface area (Å²) in [7, 11) is 0. The van der Waals surface area contributed by atoms with Crippen molar-refractivity contribution in [1.82, 2.24) is 9.59 Å². The number of rotatable bonds is 3. The van der Waals surface area contributed by atoms with E-state index in [4.69, 9.17) is 11.6 Å². The van der Waals surface area contributed by atoms with Crippen LogP contribution in [-0.2, 0) is 11.8 Å². The zero-order chi connectivity index (χ0) is 14.9. The number of Topliss-reactive ketones (excluding diaryl/α,β-unsaturated/α-hetero) is 1. The minimum atomic E-state index is -0.518. The Morgan fingerprint density at radius 1 is 1.40 bits per heavy atom. The molecule has 0 N–H and O–H groups in total. The number of halogens is 2. The topological polar surface area (TPSA) is 42.9 Å². The van der Waals surface area contributed by atoms with E-state index < -0.39 is 5.82 Å². The molecule has 0 spiro atoms. The first-order valence-corrected chi connectivity index (χ1v) is 7.24. The van der Waals surface area contributed by atoms with Crippen molar-refractivity contribution in [3.05, 3.63) is 45.2 Å². The van der Waals surface area contributed by atoms with Gasteiger partial charge in [-0.2, -0.15) is 0 Å². The Labute approximate surface area is 125 Å². The molecule has 0 aliphatic heterocycles. The zero-order valence-corrected chi connectivity index (χ0v) is 13.0. The molecular formula is C14H14ClFN2OS. The van der Waals surface area contributed by atoms with Crippen LogP contribution in [0.1, 0.15) is 41.7 Å². The number of carbonyl (C=O) groups is 1. The van der Waals surface area contributed by atoms with Crippen molar-refractivity contribution >= 4 is 28.9 Å². The Balaban J connectivity index is 2.25. The van der Waals surface area contributed by atoms with Gasteiger partial charge in [-0.15, -0.1) is 5.10 Å². The Morgan fingerprint density at radius 3 is 2.70 bits per heavy atom. The van der Waals surface area contributed by atoms with Crippen molar-refractivity contribution in [3.8, 4) is 0 Å². The van der Waals surface area contributed by atoms with Gasteiger partial charge < -0.3 is 0 Å². The molecule has 6 heteroatoms. The lowest BCUT2D eigenvalue weighted by Crippen LogP contribution is -2.17. The lowest BCUT2D eigenvalue weighted by atomic mass is 9.90. The van der Waals surface area contributed by atoms with Crippen molar-refractivity contribution in [3.63, 3.8) is 0 Å². The van der Waals surface area contributed by atoms with Gasteiger partial charge in [-0.1, -0.05) is 42.9 Å².